The highest BCUT2D eigenvalue weighted by molar-refractivity contribution is 9.10. The first-order chi connectivity index (χ1) is 7.66. The maximum atomic E-state index is 9.44. The maximum absolute atomic E-state index is 9.44. The third kappa shape index (κ3) is 2.66. The van der Waals surface area contributed by atoms with Crippen LogP contribution < -0.4 is 0 Å². The summed E-state index contributed by atoms with van der Waals surface area (Å²) in [4.78, 5) is 5.04. The standard InChI is InChI=1S/C11H10BrNO2S/c1-7(14)8-2-3-10(9(12)6-8)16-11-13-4-5-15-11/h2-7,14H,1H3/t7-/m0/s1. The molecule has 0 bridgehead atoms. The van der Waals surface area contributed by atoms with Gasteiger partial charge in [-0.15, -0.1) is 0 Å². The van der Waals surface area contributed by atoms with Crippen LogP contribution in [-0.4, -0.2) is 10.1 Å². The second kappa shape index (κ2) is 5.03. The van der Waals surface area contributed by atoms with Crippen LogP contribution in [0.3, 0.4) is 0 Å². The van der Waals surface area contributed by atoms with Crippen LogP contribution in [0.5, 0.6) is 0 Å². The maximum Gasteiger partial charge on any atom is 0.260 e. The summed E-state index contributed by atoms with van der Waals surface area (Å²) in [5.74, 6) is 0. The van der Waals surface area contributed by atoms with E-state index in [9.17, 15) is 5.11 Å². The van der Waals surface area contributed by atoms with Crippen molar-refractivity contribution in [2.75, 3.05) is 0 Å². The number of benzene rings is 1. The predicted octanol–water partition coefficient (Wildman–Crippen LogP) is 3.64. The van der Waals surface area contributed by atoms with Crippen LogP contribution in [0.15, 0.2) is 49.7 Å². The third-order valence-corrected chi connectivity index (χ3v) is 3.92. The molecule has 1 atom stereocenters. The molecule has 1 aromatic carbocycles. The third-order valence-electron chi connectivity index (χ3n) is 2.05. The van der Waals surface area contributed by atoms with Crippen LogP contribution in [0.1, 0.15) is 18.6 Å². The number of aromatic nitrogens is 1. The normalized spacial score (nSPS) is 12.7. The highest BCUT2D eigenvalue weighted by atomic mass is 79.9. The summed E-state index contributed by atoms with van der Waals surface area (Å²) in [6, 6.07) is 5.72. The minimum absolute atomic E-state index is 0.461. The fourth-order valence-electron chi connectivity index (χ4n) is 1.21. The number of rotatable bonds is 3. The molecule has 0 spiro atoms. The first kappa shape index (κ1) is 11.7. The lowest BCUT2D eigenvalue weighted by molar-refractivity contribution is 0.199. The average molecular weight is 300 g/mol. The van der Waals surface area contributed by atoms with Crippen molar-refractivity contribution >= 4 is 27.7 Å². The summed E-state index contributed by atoms with van der Waals surface area (Å²) >= 11 is 4.89. The van der Waals surface area contributed by atoms with Gasteiger partial charge in [-0.1, -0.05) is 6.07 Å². The first-order valence-corrected chi connectivity index (χ1v) is 6.32. The van der Waals surface area contributed by atoms with Gasteiger partial charge in [-0.2, -0.15) is 0 Å². The van der Waals surface area contributed by atoms with Crippen molar-refractivity contribution in [3.63, 3.8) is 0 Å². The van der Waals surface area contributed by atoms with E-state index in [4.69, 9.17) is 4.42 Å². The molecule has 16 heavy (non-hydrogen) atoms. The van der Waals surface area contributed by atoms with Gasteiger partial charge in [-0.25, -0.2) is 4.98 Å². The summed E-state index contributed by atoms with van der Waals surface area (Å²) in [5, 5.41) is 10.0. The van der Waals surface area contributed by atoms with E-state index in [1.165, 1.54) is 11.8 Å². The van der Waals surface area contributed by atoms with Crippen LogP contribution >= 0.6 is 27.7 Å². The molecule has 0 unspecified atom stereocenters. The molecule has 0 saturated heterocycles. The van der Waals surface area contributed by atoms with E-state index in [1.807, 2.05) is 18.2 Å². The smallest absolute Gasteiger partial charge is 0.260 e. The summed E-state index contributed by atoms with van der Waals surface area (Å²) in [5.41, 5.74) is 0.878. The zero-order valence-electron chi connectivity index (χ0n) is 8.55. The molecule has 5 heteroatoms. The Balaban J connectivity index is 2.23. The molecule has 3 nitrogen and oxygen atoms in total. The van der Waals surface area contributed by atoms with Crippen molar-refractivity contribution in [3.05, 3.63) is 40.7 Å². The molecule has 1 aromatic heterocycles. The highest BCUT2D eigenvalue weighted by Crippen LogP contribution is 2.34. The van der Waals surface area contributed by atoms with Crippen molar-refractivity contribution in [1.29, 1.82) is 0 Å². The Morgan fingerprint density at radius 1 is 1.50 bits per heavy atom. The van der Waals surface area contributed by atoms with Gasteiger partial charge in [0.2, 0.25) is 0 Å². The van der Waals surface area contributed by atoms with Gasteiger partial charge in [0.1, 0.15) is 6.26 Å². The number of hydrogen-bond donors (Lipinski definition) is 1. The van der Waals surface area contributed by atoms with Gasteiger partial charge in [0.05, 0.1) is 12.3 Å². The van der Waals surface area contributed by atoms with Crippen molar-refractivity contribution in [1.82, 2.24) is 4.98 Å². The number of aliphatic hydroxyl groups excluding tert-OH is 1. The molecule has 0 amide bonds. The predicted molar refractivity (Wildman–Crippen MR) is 65.4 cm³/mol. The number of aliphatic hydroxyl groups is 1. The van der Waals surface area contributed by atoms with E-state index in [2.05, 4.69) is 20.9 Å². The Hall–Kier alpha value is -0.780. The summed E-state index contributed by atoms with van der Waals surface area (Å²) in [6.45, 7) is 1.74. The lowest BCUT2D eigenvalue weighted by Crippen LogP contribution is -1.90. The lowest BCUT2D eigenvalue weighted by Gasteiger charge is -2.07. The summed E-state index contributed by atoms with van der Waals surface area (Å²) < 4.78 is 6.08. The topological polar surface area (TPSA) is 46.3 Å². The second-order valence-corrected chi connectivity index (χ2v) is 5.11. The minimum atomic E-state index is -0.461. The number of hydrogen-bond acceptors (Lipinski definition) is 4. The monoisotopic (exact) mass is 299 g/mol. The molecule has 2 aromatic rings. The van der Waals surface area contributed by atoms with Crippen LogP contribution in [0.4, 0.5) is 0 Å². The lowest BCUT2D eigenvalue weighted by atomic mass is 10.1. The average Bonchev–Trinajstić information content (AvgIpc) is 2.73. The van der Waals surface area contributed by atoms with Gasteiger partial charge < -0.3 is 9.52 Å². The van der Waals surface area contributed by atoms with Crippen LogP contribution in [0, 0.1) is 0 Å². The fraction of sp³-hybridized carbons (Fsp3) is 0.182. The molecule has 0 aliphatic rings. The quantitative estimate of drug-likeness (QED) is 0.940. The molecule has 0 radical (unpaired) electrons. The number of nitrogens with zero attached hydrogens (tertiary/aromatic N) is 1. The van der Waals surface area contributed by atoms with Gasteiger partial charge in [-0.3, -0.25) is 0 Å². The Morgan fingerprint density at radius 3 is 2.88 bits per heavy atom. The first-order valence-electron chi connectivity index (χ1n) is 4.71. The van der Waals surface area contributed by atoms with Gasteiger partial charge in [-0.05, 0) is 52.3 Å². The number of halogens is 1. The molecule has 1 heterocycles. The van der Waals surface area contributed by atoms with Crippen molar-refractivity contribution in [2.24, 2.45) is 0 Å². The molecular weight excluding hydrogens is 290 g/mol. The van der Waals surface area contributed by atoms with E-state index < -0.39 is 6.10 Å². The van der Waals surface area contributed by atoms with Crippen molar-refractivity contribution < 1.29 is 9.52 Å². The zero-order valence-corrected chi connectivity index (χ0v) is 11.0. The highest BCUT2D eigenvalue weighted by Gasteiger charge is 2.08. The Kier molecular flexibility index (Phi) is 3.68. The van der Waals surface area contributed by atoms with Crippen LogP contribution in [0.25, 0.3) is 0 Å². The molecule has 0 aliphatic carbocycles. The zero-order chi connectivity index (χ0) is 11.5. The SMILES string of the molecule is C[C@H](O)c1ccc(Sc2ncco2)c(Br)c1. The van der Waals surface area contributed by atoms with Crippen molar-refractivity contribution in [2.45, 2.75) is 23.1 Å². The van der Waals surface area contributed by atoms with E-state index in [-0.39, 0.29) is 0 Å². The van der Waals surface area contributed by atoms with E-state index >= 15 is 0 Å². The van der Waals surface area contributed by atoms with Gasteiger partial charge in [0, 0.05) is 9.37 Å². The second-order valence-electron chi connectivity index (χ2n) is 3.27. The molecule has 0 saturated carbocycles. The van der Waals surface area contributed by atoms with Gasteiger partial charge in [0.15, 0.2) is 0 Å². The van der Waals surface area contributed by atoms with E-state index in [1.54, 1.807) is 19.4 Å². The minimum Gasteiger partial charge on any atom is -0.440 e. The summed E-state index contributed by atoms with van der Waals surface area (Å²) in [6.07, 6.45) is 2.69. The van der Waals surface area contributed by atoms with Crippen LogP contribution in [-0.2, 0) is 0 Å². The Labute approximate surface area is 106 Å². The summed E-state index contributed by atoms with van der Waals surface area (Å²) in [7, 11) is 0. The molecule has 0 aliphatic heterocycles. The van der Waals surface area contributed by atoms with E-state index in [0.29, 0.717) is 5.22 Å². The van der Waals surface area contributed by atoms with Gasteiger partial charge in [0.25, 0.3) is 5.22 Å². The van der Waals surface area contributed by atoms with Gasteiger partial charge >= 0.3 is 0 Å². The Bertz CT molecular complexity index is 471. The molecule has 84 valence electrons. The molecule has 2 rings (SSSR count). The largest absolute Gasteiger partial charge is 0.440 e. The molecule has 1 N–H and O–H groups in total. The van der Waals surface area contributed by atoms with Crippen molar-refractivity contribution in [3.8, 4) is 0 Å². The Morgan fingerprint density at radius 2 is 2.31 bits per heavy atom. The molecule has 0 fully saturated rings. The van der Waals surface area contributed by atoms with E-state index in [0.717, 1.165) is 14.9 Å². The molecular formula is C11H10BrNO2S. The number of oxazole rings is 1. The van der Waals surface area contributed by atoms with Crippen LogP contribution in [0.2, 0.25) is 0 Å². The fourth-order valence-corrected chi connectivity index (χ4v) is 2.55.